The zero-order valence-electron chi connectivity index (χ0n) is 19.9. The fourth-order valence-corrected chi connectivity index (χ4v) is 4.14. The lowest BCUT2D eigenvalue weighted by Crippen LogP contribution is -2.18. The van der Waals surface area contributed by atoms with Crippen molar-refractivity contribution in [2.75, 3.05) is 6.79 Å². The van der Waals surface area contributed by atoms with Gasteiger partial charge in [-0.25, -0.2) is 0 Å². The molecule has 0 heterocycles. The molecule has 0 aliphatic carbocycles. The summed E-state index contributed by atoms with van der Waals surface area (Å²) in [7, 11) is 0. The number of ether oxygens (including phenoxy) is 2. The molecule has 0 N–H and O–H groups in total. The quantitative estimate of drug-likeness (QED) is 0.263. The van der Waals surface area contributed by atoms with E-state index in [0.717, 1.165) is 11.5 Å². The van der Waals surface area contributed by atoms with E-state index in [0.29, 0.717) is 0 Å². The van der Waals surface area contributed by atoms with E-state index in [4.69, 9.17) is 9.47 Å². The third-order valence-corrected chi connectivity index (χ3v) is 6.59. The molecule has 0 fully saturated rings. The van der Waals surface area contributed by atoms with Crippen molar-refractivity contribution in [1.82, 2.24) is 0 Å². The Balaban J connectivity index is 1.34. The first-order chi connectivity index (χ1) is 15.9. The largest absolute Gasteiger partial charge is 0.458 e. The Morgan fingerprint density at radius 2 is 0.727 bits per heavy atom. The standard InChI is InChI=1S/C31H32O2/c1-30(2,24-11-7-5-8-12-24)26-15-19-28(20-16-26)32-23-33-29-21-17-27(18-22-29)31(3,4)25-13-9-6-10-14-25/h5-22H,23H2,1-4H3. The average Bonchev–Trinajstić information content (AvgIpc) is 2.86. The van der Waals surface area contributed by atoms with Crippen LogP contribution in [0.4, 0.5) is 0 Å². The first-order valence-electron chi connectivity index (χ1n) is 11.4. The van der Waals surface area contributed by atoms with Crippen LogP contribution in [0.2, 0.25) is 0 Å². The third-order valence-electron chi connectivity index (χ3n) is 6.59. The Morgan fingerprint density at radius 1 is 0.424 bits per heavy atom. The molecule has 0 unspecified atom stereocenters. The van der Waals surface area contributed by atoms with Crippen LogP contribution in [-0.4, -0.2) is 6.79 Å². The Kier molecular flexibility index (Phi) is 6.55. The summed E-state index contributed by atoms with van der Waals surface area (Å²) in [6, 6.07) is 37.7. The molecule has 0 saturated heterocycles. The van der Waals surface area contributed by atoms with Crippen LogP contribution < -0.4 is 9.47 Å². The minimum Gasteiger partial charge on any atom is -0.458 e. The molecule has 0 amide bonds. The first kappa shape index (κ1) is 22.7. The van der Waals surface area contributed by atoms with Crippen LogP contribution in [0.3, 0.4) is 0 Å². The van der Waals surface area contributed by atoms with E-state index in [2.05, 4.69) is 100 Å². The van der Waals surface area contributed by atoms with Gasteiger partial charge in [-0.15, -0.1) is 0 Å². The molecule has 0 bridgehead atoms. The smallest absolute Gasteiger partial charge is 0.230 e. The fourth-order valence-electron chi connectivity index (χ4n) is 4.14. The number of benzene rings is 4. The van der Waals surface area contributed by atoms with E-state index >= 15 is 0 Å². The van der Waals surface area contributed by atoms with E-state index in [1.54, 1.807) is 0 Å². The third kappa shape index (κ3) is 5.12. The summed E-state index contributed by atoms with van der Waals surface area (Å²) < 4.78 is 11.7. The van der Waals surface area contributed by atoms with Gasteiger partial charge in [-0.3, -0.25) is 0 Å². The van der Waals surface area contributed by atoms with Gasteiger partial charge >= 0.3 is 0 Å². The lowest BCUT2D eigenvalue weighted by Gasteiger charge is -2.26. The minimum atomic E-state index is -0.0639. The van der Waals surface area contributed by atoms with Crippen molar-refractivity contribution in [1.29, 1.82) is 0 Å². The molecule has 0 radical (unpaired) electrons. The van der Waals surface area contributed by atoms with E-state index in [1.807, 2.05) is 36.4 Å². The van der Waals surface area contributed by atoms with Gasteiger partial charge in [0.25, 0.3) is 0 Å². The molecule has 2 heteroatoms. The molecule has 168 valence electrons. The molecule has 33 heavy (non-hydrogen) atoms. The molecule has 4 aromatic rings. The van der Waals surface area contributed by atoms with Gasteiger partial charge in [-0.05, 0) is 46.5 Å². The van der Waals surface area contributed by atoms with Crippen molar-refractivity contribution in [2.24, 2.45) is 0 Å². The minimum absolute atomic E-state index is 0.0639. The van der Waals surface area contributed by atoms with Crippen molar-refractivity contribution >= 4 is 0 Å². The van der Waals surface area contributed by atoms with Crippen LogP contribution in [0.1, 0.15) is 49.9 Å². The molecule has 0 spiro atoms. The second-order valence-corrected chi connectivity index (χ2v) is 9.44. The summed E-state index contributed by atoms with van der Waals surface area (Å²) in [5.74, 6) is 1.59. The Bertz CT molecular complexity index is 1050. The highest BCUT2D eigenvalue weighted by Crippen LogP contribution is 2.33. The second-order valence-electron chi connectivity index (χ2n) is 9.44. The summed E-state index contributed by atoms with van der Waals surface area (Å²) >= 11 is 0. The molecule has 0 saturated carbocycles. The summed E-state index contributed by atoms with van der Waals surface area (Å²) in [6.07, 6.45) is 0. The first-order valence-corrected chi connectivity index (χ1v) is 11.4. The molecular formula is C31H32O2. The summed E-state index contributed by atoms with van der Waals surface area (Å²) in [5.41, 5.74) is 4.95. The monoisotopic (exact) mass is 436 g/mol. The molecule has 0 aromatic heterocycles. The Morgan fingerprint density at radius 3 is 1.06 bits per heavy atom. The van der Waals surface area contributed by atoms with Crippen molar-refractivity contribution in [3.8, 4) is 11.5 Å². The number of hydrogen-bond acceptors (Lipinski definition) is 2. The van der Waals surface area contributed by atoms with Crippen molar-refractivity contribution in [2.45, 2.75) is 38.5 Å². The van der Waals surface area contributed by atoms with Gasteiger partial charge < -0.3 is 9.47 Å². The van der Waals surface area contributed by atoms with Crippen LogP contribution in [0.15, 0.2) is 109 Å². The van der Waals surface area contributed by atoms with E-state index in [9.17, 15) is 0 Å². The Labute approximate surface area is 197 Å². The molecule has 4 rings (SSSR count). The topological polar surface area (TPSA) is 18.5 Å². The van der Waals surface area contributed by atoms with Gasteiger partial charge in [-0.2, -0.15) is 0 Å². The van der Waals surface area contributed by atoms with E-state index in [-0.39, 0.29) is 17.6 Å². The Hall–Kier alpha value is -3.52. The lowest BCUT2D eigenvalue weighted by atomic mass is 9.78. The maximum Gasteiger partial charge on any atom is 0.230 e. The lowest BCUT2D eigenvalue weighted by molar-refractivity contribution is 0.120. The van der Waals surface area contributed by atoms with Crippen LogP contribution in [0.25, 0.3) is 0 Å². The summed E-state index contributed by atoms with van der Waals surface area (Å²) in [6.45, 7) is 9.13. The van der Waals surface area contributed by atoms with Gasteiger partial charge in [0, 0.05) is 10.8 Å². The van der Waals surface area contributed by atoms with Crippen molar-refractivity contribution in [3.05, 3.63) is 131 Å². The highest BCUT2D eigenvalue weighted by molar-refractivity contribution is 5.41. The van der Waals surface area contributed by atoms with Gasteiger partial charge in [0.15, 0.2) is 0 Å². The number of rotatable bonds is 8. The molecule has 2 nitrogen and oxygen atoms in total. The maximum absolute atomic E-state index is 5.83. The van der Waals surface area contributed by atoms with Gasteiger partial charge in [0.05, 0.1) is 0 Å². The molecule has 0 aliphatic heterocycles. The maximum atomic E-state index is 5.83. The average molecular weight is 437 g/mol. The highest BCUT2D eigenvalue weighted by atomic mass is 16.7. The van der Waals surface area contributed by atoms with E-state index < -0.39 is 0 Å². The van der Waals surface area contributed by atoms with Crippen LogP contribution in [0.5, 0.6) is 11.5 Å². The fraction of sp³-hybridized carbons (Fsp3) is 0.226. The second kappa shape index (κ2) is 9.54. The zero-order chi connectivity index (χ0) is 23.3. The molecule has 0 aliphatic rings. The predicted molar refractivity (Wildman–Crippen MR) is 136 cm³/mol. The zero-order valence-corrected chi connectivity index (χ0v) is 19.9. The molecular weight excluding hydrogens is 404 g/mol. The van der Waals surface area contributed by atoms with Crippen LogP contribution in [0, 0.1) is 0 Å². The van der Waals surface area contributed by atoms with Gasteiger partial charge in [0.1, 0.15) is 11.5 Å². The van der Waals surface area contributed by atoms with Crippen LogP contribution >= 0.6 is 0 Å². The summed E-state index contributed by atoms with van der Waals surface area (Å²) in [4.78, 5) is 0. The van der Waals surface area contributed by atoms with Crippen molar-refractivity contribution in [3.63, 3.8) is 0 Å². The number of hydrogen-bond donors (Lipinski definition) is 0. The van der Waals surface area contributed by atoms with E-state index in [1.165, 1.54) is 22.3 Å². The molecule has 4 aromatic carbocycles. The van der Waals surface area contributed by atoms with Gasteiger partial charge in [0.2, 0.25) is 6.79 Å². The highest BCUT2D eigenvalue weighted by Gasteiger charge is 2.23. The predicted octanol–water partition coefficient (Wildman–Crippen LogP) is 7.75. The van der Waals surface area contributed by atoms with Crippen LogP contribution in [-0.2, 0) is 10.8 Å². The normalized spacial score (nSPS) is 11.8. The molecule has 0 atom stereocenters. The van der Waals surface area contributed by atoms with Gasteiger partial charge in [-0.1, -0.05) is 113 Å². The van der Waals surface area contributed by atoms with Crippen molar-refractivity contribution < 1.29 is 9.47 Å². The summed E-state index contributed by atoms with van der Waals surface area (Å²) in [5, 5.41) is 0. The SMILES string of the molecule is CC(C)(c1ccccc1)c1ccc(OCOc2ccc(C(C)(C)c3ccccc3)cc2)cc1.